The topological polar surface area (TPSA) is 55.2 Å². The van der Waals surface area contributed by atoms with Gasteiger partial charge in [0, 0.05) is 5.56 Å². The predicted molar refractivity (Wildman–Crippen MR) is 101 cm³/mol. The molecule has 6 heteroatoms. The molecule has 0 spiro atoms. The summed E-state index contributed by atoms with van der Waals surface area (Å²) < 4.78 is 23.8. The van der Waals surface area contributed by atoms with Crippen LogP contribution in [0.15, 0.2) is 46.5 Å². The molecule has 0 aromatic heterocycles. The van der Waals surface area contributed by atoms with Gasteiger partial charge in [-0.3, -0.25) is 10.4 Å². The van der Waals surface area contributed by atoms with Gasteiger partial charge in [0.15, 0.2) is 11.5 Å². The smallest absolute Gasteiger partial charge is 0.161 e. The summed E-state index contributed by atoms with van der Waals surface area (Å²) in [4.78, 5) is 4.77. The molecule has 1 aliphatic rings. The van der Waals surface area contributed by atoms with E-state index in [4.69, 9.17) is 14.5 Å². The average Bonchev–Trinajstić information content (AvgIpc) is 2.61. The van der Waals surface area contributed by atoms with E-state index in [-0.39, 0.29) is 11.4 Å². The normalized spacial score (nSPS) is 15.3. The van der Waals surface area contributed by atoms with E-state index in [9.17, 15) is 4.39 Å². The van der Waals surface area contributed by atoms with Crippen molar-refractivity contribution >= 4 is 12.1 Å². The van der Waals surface area contributed by atoms with Gasteiger partial charge in [0.05, 0.1) is 26.0 Å². The van der Waals surface area contributed by atoms with Crippen molar-refractivity contribution in [2.75, 3.05) is 14.2 Å². The molecule has 2 aromatic carbocycles. The lowest BCUT2D eigenvalue weighted by molar-refractivity contribution is 0.353. The van der Waals surface area contributed by atoms with Gasteiger partial charge in [0.1, 0.15) is 11.7 Å². The van der Waals surface area contributed by atoms with Crippen molar-refractivity contribution < 1.29 is 13.9 Å². The molecule has 0 aliphatic carbocycles. The molecule has 5 nitrogen and oxygen atoms in total. The van der Waals surface area contributed by atoms with E-state index in [1.165, 1.54) is 12.1 Å². The third-order valence-corrected chi connectivity index (χ3v) is 4.16. The van der Waals surface area contributed by atoms with Gasteiger partial charge in [-0.1, -0.05) is 12.1 Å². The molecule has 136 valence electrons. The Morgan fingerprint density at radius 1 is 1.12 bits per heavy atom. The summed E-state index contributed by atoms with van der Waals surface area (Å²) in [5.74, 6) is 1.72. The summed E-state index contributed by atoms with van der Waals surface area (Å²) in [6.45, 7) is 4.13. The van der Waals surface area contributed by atoms with Crippen LogP contribution in [-0.4, -0.2) is 31.8 Å². The van der Waals surface area contributed by atoms with Crippen molar-refractivity contribution in [3.05, 3.63) is 58.9 Å². The van der Waals surface area contributed by atoms with Gasteiger partial charge in [0.25, 0.3) is 0 Å². The minimum atomic E-state index is -0.275. The molecule has 0 unspecified atom stereocenters. The Morgan fingerprint density at radius 3 is 2.42 bits per heavy atom. The molecule has 0 radical (unpaired) electrons. The number of halogens is 1. The molecular formula is C20H22FN3O2. The van der Waals surface area contributed by atoms with Gasteiger partial charge in [-0.25, -0.2) is 4.39 Å². The van der Waals surface area contributed by atoms with Crippen LogP contribution in [0.5, 0.6) is 11.5 Å². The molecule has 0 saturated carbocycles. The molecule has 2 aromatic rings. The summed E-state index contributed by atoms with van der Waals surface area (Å²) in [7, 11) is 3.23. The lowest BCUT2D eigenvalue weighted by Crippen LogP contribution is -2.34. The minimum absolute atomic E-state index is 0.264. The van der Waals surface area contributed by atoms with E-state index in [1.807, 2.05) is 12.1 Å². The number of aliphatic imine (C=N–C) groups is 1. The van der Waals surface area contributed by atoms with Gasteiger partial charge in [-0.05, 0) is 55.7 Å². The van der Waals surface area contributed by atoms with Crippen LogP contribution in [-0.2, 0) is 6.42 Å². The van der Waals surface area contributed by atoms with Crippen LogP contribution in [0, 0.1) is 5.82 Å². The molecule has 0 saturated heterocycles. The van der Waals surface area contributed by atoms with Gasteiger partial charge in [0.2, 0.25) is 0 Å². The lowest BCUT2D eigenvalue weighted by Gasteiger charge is -2.29. The van der Waals surface area contributed by atoms with Gasteiger partial charge in [-0.2, -0.15) is 5.10 Å². The number of amidine groups is 1. The molecule has 0 fully saturated rings. The Labute approximate surface area is 152 Å². The Hall–Kier alpha value is -2.89. The number of fused-ring (bicyclic) bond motifs is 1. The standard InChI is InChI=1S/C20H22FN3O2/c1-20(2)11-14-9-17(25-3)18(26-4)10-16(14)19(23-20)24-22-12-13-5-7-15(21)8-6-13/h5-10,12H,11H2,1-4H3,(H,23,24)/b22-12-. The van der Waals surface area contributed by atoms with Gasteiger partial charge in [-0.15, -0.1) is 0 Å². The van der Waals surface area contributed by atoms with Crippen molar-refractivity contribution in [3.8, 4) is 11.5 Å². The van der Waals surface area contributed by atoms with E-state index in [2.05, 4.69) is 24.4 Å². The van der Waals surface area contributed by atoms with Gasteiger partial charge < -0.3 is 9.47 Å². The van der Waals surface area contributed by atoms with Crippen molar-refractivity contribution in [2.45, 2.75) is 25.8 Å². The van der Waals surface area contributed by atoms with E-state index in [0.29, 0.717) is 17.3 Å². The fraction of sp³-hybridized carbons (Fsp3) is 0.300. The number of hydrazone groups is 1. The fourth-order valence-electron chi connectivity index (χ4n) is 2.96. The van der Waals surface area contributed by atoms with Crippen LogP contribution in [0.4, 0.5) is 4.39 Å². The molecule has 1 N–H and O–H groups in total. The zero-order valence-electron chi connectivity index (χ0n) is 15.3. The molecule has 26 heavy (non-hydrogen) atoms. The lowest BCUT2D eigenvalue weighted by atomic mass is 9.88. The highest BCUT2D eigenvalue weighted by atomic mass is 19.1. The first-order chi connectivity index (χ1) is 12.4. The van der Waals surface area contributed by atoms with Gasteiger partial charge >= 0.3 is 0 Å². The summed E-state index contributed by atoms with van der Waals surface area (Å²) in [5.41, 5.74) is 5.59. The van der Waals surface area contributed by atoms with Crippen molar-refractivity contribution in [2.24, 2.45) is 10.1 Å². The first-order valence-electron chi connectivity index (χ1n) is 8.31. The Balaban J connectivity index is 1.91. The number of rotatable bonds is 4. The third-order valence-electron chi connectivity index (χ3n) is 4.16. The first-order valence-corrected chi connectivity index (χ1v) is 8.31. The third kappa shape index (κ3) is 3.85. The molecule has 1 aliphatic heterocycles. The highest BCUT2D eigenvalue weighted by Crippen LogP contribution is 2.35. The van der Waals surface area contributed by atoms with Crippen LogP contribution in [0.2, 0.25) is 0 Å². The summed E-state index contributed by atoms with van der Waals surface area (Å²) in [6, 6.07) is 10.0. The maximum Gasteiger partial charge on any atom is 0.161 e. The molecule has 1 heterocycles. The van der Waals surface area contributed by atoms with Crippen molar-refractivity contribution in [1.82, 2.24) is 5.43 Å². The second-order valence-corrected chi connectivity index (χ2v) is 6.74. The SMILES string of the molecule is COc1cc2c(cc1OC)C(N/N=C\c1ccc(F)cc1)=NC(C)(C)C2. The zero-order valence-corrected chi connectivity index (χ0v) is 15.3. The van der Waals surface area contributed by atoms with Crippen molar-refractivity contribution in [3.63, 3.8) is 0 Å². The second-order valence-electron chi connectivity index (χ2n) is 6.74. The van der Waals surface area contributed by atoms with Crippen LogP contribution >= 0.6 is 0 Å². The first kappa shape index (κ1) is 17.9. The quantitative estimate of drug-likeness (QED) is 0.674. The maximum absolute atomic E-state index is 13.0. The Kier molecular flexibility index (Phi) is 4.93. The molecule has 0 atom stereocenters. The monoisotopic (exact) mass is 355 g/mol. The van der Waals surface area contributed by atoms with E-state index < -0.39 is 0 Å². The summed E-state index contributed by atoms with van der Waals surface area (Å²) >= 11 is 0. The number of methoxy groups -OCH3 is 2. The molecule has 0 amide bonds. The Bertz CT molecular complexity index is 858. The number of hydrogen-bond donors (Lipinski definition) is 1. The molecule has 0 bridgehead atoms. The average molecular weight is 355 g/mol. The van der Waals surface area contributed by atoms with E-state index in [0.717, 1.165) is 23.1 Å². The Morgan fingerprint density at radius 2 is 1.77 bits per heavy atom. The number of nitrogens with zero attached hydrogens (tertiary/aromatic N) is 2. The predicted octanol–water partition coefficient (Wildman–Crippen LogP) is 3.55. The van der Waals surface area contributed by atoms with Crippen LogP contribution in [0.1, 0.15) is 30.5 Å². The second kappa shape index (κ2) is 7.15. The highest BCUT2D eigenvalue weighted by molar-refractivity contribution is 6.02. The number of hydrogen-bond acceptors (Lipinski definition) is 5. The highest BCUT2D eigenvalue weighted by Gasteiger charge is 2.28. The summed E-state index contributed by atoms with van der Waals surface area (Å²) in [6.07, 6.45) is 2.42. The largest absolute Gasteiger partial charge is 0.493 e. The summed E-state index contributed by atoms with van der Waals surface area (Å²) in [5, 5.41) is 4.26. The minimum Gasteiger partial charge on any atom is -0.493 e. The zero-order chi connectivity index (χ0) is 18.7. The number of ether oxygens (including phenoxy) is 2. The molecule has 3 rings (SSSR count). The van der Waals surface area contributed by atoms with Crippen LogP contribution in [0.25, 0.3) is 0 Å². The fourth-order valence-corrected chi connectivity index (χ4v) is 2.96. The van der Waals surface area contributed by atoms with Crippen molar-refractivity contribution in [1.29, 1.82) is 0 Å². The maximum atomic E-state index is 13.0. The number of nitrogens with one attached hydrogen (secondary N) is 1. The number of benzene rings is 2. The van der Waals surface area contributed by atoms with E-state index >= 15 is 0 Å². The van der Waals surface area contributed by atoms with E-state index in [1.54, 1.807) is 32.6 Å². The van der Waals surface area contributed by atoms with Crippen LogP contribution < -0.4 is 14.9 Å². The molecular weight excluding hydrogens is 333 g/mol. The van der Waals surface area contributed by atoms with Crippen LogP contribution in [0.3, 0.4) is 0 Å².